The topological polar surface area (TPSA) is 54.5 Å². The Morgan fingerprint density at radius 2 is 1.40 bits per heavy atom. The predicted octanol–water partition coefficient (Wildman–Crippen LogP) is 7.27. The molecular formula is C35H26ClNO3. The number of fused-ring (bicyclic) bond motifs is 5. The van der Waals surface area contributed by atoms with E-state index >= 15 is 0 Å². The molecular weight excluding hydrogens is 518 g/mol. The summed E-state index contributed by atoms with van der Waals surface area (Å²) in [4.78, 5) is 45.9. The molecule has 1 fully saturated rings. The summed E-state index contributed by atoms with van der Waals surface area (Å²) in [6, 6.07) is 26.5. The zero-order chi connectivity index (χ0) is 27.8. The lowest BCUT2D eigenvalue weighted by molar-refractivity contribution is 0.0666. The van der Waals surface area contributed by atoms with Gasteiger partial charge >= 0.3 is 0 Å². The maximum Gasteiger partial charge on any atom is 0.185 e. The fourth-order valence-corrected chi connectivity index (χ4v) is 7.16. The summed E-state index contributed by atoms with van der Waals surface area (Å²) in [5.74, 6) is -1.30. The van der Waals surface area contributed by atoms with Crippen molar-refractivity contribution in [2.75, 3.05) is 4.90 Å². The number of Topliss-reactive ketones (excluding diaryl/α,β-unsaturated/α-hetero) is 3. The summed E-state index contributed by atoms with van der Waals surface area (Å²) in [5.41, 5.74) is 4.41. The molecule has 1 saturated heterocycles. The largest absolute Gasteiger partial charge is 0.352 e. The molecule has 4 aromatic carbocycles. The Balaban J connectivity index is 1.54. The van der Waals surface area contributed by atoms with E-state index in [1.165, 1.54) is 0 Å². The Kier molecular flexibility index (Phi) is 5.48. The summed E-state index contributed by atoms with van der Waals surface area (Å²) in [6.07, 6.45) is 3.85. The van der Waals surface area contributed by atoms with Gasteiger partial charge in [-0.15, -0.1) is 0 Å². The van der Waals surface area contributed by atoms with Crippen LogP contribution in [0.2, 0.25) is 5.02 Å². The van der Waals surface area contributed by atoms with Crippen molar-refractivity contribution in [3.05, 3.63) is 141 Å². The standard InChI is InChI=1S/C35H26ClNO3/c1-20-7-11-22(12-8-20)30-31(32(38)23-13-9-21(2)10-14-23)37-28-17-16-25(36)19-24(28)15-18-29(37)35(30)33(39)26-5-3-4-6-27(26)34(35)40/h3-19,29-31H,1-2H3/t29-,30-,31+/m1/s1. The second kappa shape index (κ2) is 8.87. The predicted molar refractivity (Wildman–Crippen MR) is 158 cm³/mol. The highest BCUT2D eigenvalue weighted by molar-refractivity contribution is 6.32. The van der Waals surface area contributed by atoms with E-state index in [-0.39, 0.29) is 17.3 Å². The van der Waals surface area contributed by atoms with E-state index in [0.29, 0.717) is 21.7 Å². The molecule has 2 heterocycles. The van der Waals surface area contributed by atoms with Crippen molar-refractivity contribution in [2.45, 2.75) is 31.8 Å². The molecule has 0 saturated carbocycles. The number of carbonyl (C=O) groups is 3. The SMILES string of the molecule is Cc1ccc(C(=O)[C@@H]2[C@@H](c3ccc(C)cc3)C3(C(=O)c4ccccc4C3=O)[C@H]3C=Cc4cc(Cl)ccc4N23)cc1. The van der Waals surface area contributed by atoms with Gasteiger partial charge in [0.15, 0.2) is 17.3 Å². The highest BCUT2D eigenvalue weighted by Gasteiger charge is 2.71. The summed E-state index contributed by atoms with van der Waals surface area (Å²) in [6.45, 7) is 3.98. The lowest BCUT2D eigenvalue weighted by Gasteiger charge is -2.37. The van der Waals surface area contributed by atoms with Crippen molar-refractivity contribution >= 4 is 40.7 Å². The maximum atomic E-state index is 14.7. The van der Waals surface area contributed by atoms with Crippen LogP contribution in [0.5, 0.6) is 0 Å². The van der Waals surface area contributed by atoms with Crippen LogP contribution in [0.3, 0.4) is 0 Å². The zero-order valence-corrected chi connectivity index (χ0v) is 22.9. The van der Waals surface area contributed by atoms with E-state index in [4.69, 9.17) is 11.6 Å². The number of halogens is 1. The van der Waals surface area contributed by atoms with Crippen LogP contribution in [0.4, 0.5) is 5.69 Å². The van der Waals surface area contributed by atoms with Gasteiger partial charge in [0.2, 0.25) is 0 Å². The first-order valence-corrected chi connectivity index (χ1v) is 13.8. The average molecular weight is 544 g/mol. The van der Waals surface area contributed by atoms with Crippen LogP contribution in [0, 0.1) is 19.3 Å². The Morgan fingerprint density at radius 3 is 2.02 bits per heavy atom. The number of aryl methyl sites for hydroxylation is 2. The van der Waals surface area contributed by atoms with E-state index in [1.807, 2.05) is 91.6 Å². The number of carbonyl (C=O) groups excluding carboxylic acids is 3. The Hall–Kier alpha value is -4.28. The molecule has 7 rings (SSSR count). The van der Waals surface area contributed by atoms with Gasteiger partial charge in [0.05, 0.1) is 6.04 Å². The van der Waals surface area contributed by atoms with E-state index < -0.39 is 23.4 Å². The summed E-state index contributed by atoms with van der Waals surface area (Å²) >= 11 is 6.37. The third-order valence-corrected chi connectivity index (χ3v) is 9.04. The van der Waals surface area contributed by atoms with Crippen molar-refractivity contribution < 1.29 is 14.4 Å². The van der Waals surface area contributed by atoms with E-state index in [0.717, 1.165) is 27.9 Å². The fourth-order valence-electron chi connectivity index (χ4n) is 6.98. The number of ketones is 3. The zero-order valence-electron chi connectivity index (χ0n) is 22.1. The van der Waals surface area contributed by atoms with Crippen molar-refractivity contribution in [3.63, 3.8) is 0 Å². The van der Waals surface area contributed by atoms with Crippen LogP contribution in [0.1, 0.15) is 59.2 Å². The molecule has 4 nitrogen and oxygen atoms in total. The number of hydrogen-bond donors (Lipinski definition) is 0. The molecule has 1 spiro atoms. The maximum absolute atomic E-state index is 14.7. The third-order valence-electron chi connectivity index (χ3n) is 8.81. The molecule has 40 heavy (non-hydrogen) atoms. The van der Waals surface area contributed by atoms with Crippen molar-refractivity contribution in [1.82, 2.24) is 0 Å². The quantitative estimate of drug-likeness (QED) is 0.201. The highest BCUT2D eigenvalue weighted by Crippen LogP contribution is 2.61. The van der Waals surface area contributed by atoms with E-state index in [1.54, 1.807) is 30.3 Å². The number of anilines is 1. The lowest BCUT2D eigenvalue weighted by Crippen LogP contribution is -2.48. The van der Waals surface area contributed by atoms with Gasteiger partial charge in [0.25, 0.3) is 0 Å². The highest BCUT2D eigenvalue weighted by atomic mass is 35.5. The second-order valence-electron chi connectivity index (χ2n) is 11.1. The molecule has 2 aliphatic heterocycles. The normalized spacial score (nSPS) is 21.9. The monoisotopic (exact) mass is 543 g/mol. The molecule has 0 amide bonds. The number of nitrogens with zero attached hydrogens (tertiary/aromatic N) is 1. The minimum atomic E-state index is -1.50. The van der Waals surface area contributed by atoms with Gasteiger partial charge in [-0.25, -0.2) is 0 Å². The molecule has 0 N–H and O–H groups in total. The van der Waals surface area contributed by atoms with Gasteiger partial charge in [0.1, 0.15) is 11.5 Å². The number of benzene rings is 4. The molecule has 0 unspecified atom stereocenters. The smallest absolute Gasteiger partial charge is 0.185 e. The van der Waals surface area contributed by atoms with Crippen molar-refractivity contribution in [1.29, 1.82) is 0 Å². The minimum Gasteiger partial charge on any atom is -0.352 e. The first-order valence-electron chi connectivity index (χ1n) is 13.4. The van der Waals surface area contributed by atoms with Gasteiger partial charge in [-0.1, -0.05) is 108 Å². The van der Waals surface area contributed by atoms with E-state index in [2.05, 4.69) is 0 Å². The molecule has 1 aliphatic carbocycles. The molecule has 0 radical (unpaired) electrons. The lowest BCUT2D eigenvalue weighted by atomic mass is 9.64. The average Bonchev–Trinajstić information content (AvgIpc) is 3.39. The molecule has 0 aromatic heterocycles. The Labute approximate surface area is 237 Å². The number of rotatable bonds is 3. The van der Waals surface area contributed by atoms with Crippen LogP contribution in [-0.4, -0.2) is 29.4 Å². The van der Waals surface area contributed by atoms with Crippen LogP contribution >= 0.6 is 11.6 Å². The van der Waals surface area contributed by atoms with Gasteiger partial charge in [-0.05, 0) is 43.2 Å². The third kappa shape index (κ3) is 3.29. The van der Waals surface area contributed by atoms with Crippen LogP contribution < -0.4 is 4.90 Å². The van der Waals surface area contributed by atoms with Crippen LogP contribution in [0.15, 0.2) is 97.1 Å². The summed E-state index contributed by atoms with van der Waals surface area (Å²) < 4.78 is 0. The first-order chi connectivity index (χ1) is 19.3. The Morgan fingerprint density at radius 1 is 0.800 bits per heavy atom. The van der Waals surface area contributed by atoms with Gasteiger partial charge in [-0.2, -0.15) is 0 Å². The number of hydrogen-bond acceptors (Lipinski definition) is 4. The fraction of sp³-hybridized carbons (Fsp3) is 0.171. The van der Waals surface area contributed by atoms with Crippen LogP contribution in [0.25, 0.3) is 6.08 Å². The van der Waals surface area contributed by atoms with Gasteiger partial charge in [-0.3, -0.25) is 14.4 Å². The van der Waals surface area contributed by atoms with Crippen molar-refractivity contribution in [3.8, 4) is 0 Å². The first kappa shape index (κ1) is 24.7. The van der Waals surface area contributed by atoms with Gasteiger partial charge in [0, 0.05) is 33.3 Å². The summed E-state index contributed by atoms with van der Waals surface area (Å²) in [7, 11) is 0. The molecule has 196 valence electrons. The minimum absolute atomic E-state index is 0.125. The van der Waals surface area contributed by atoms with Crippen LogP contribution in [-0.2, 0) is 0 Å². The molecule has 4 aromatic rings. The van der Waals surface area contributed by atoms with Gasteiger partial charge < -0.3 is 4.90 Å². The second-order valence-corrected chi connectivity index (χ2v) is 11.5. The molecule has 0 bridgehead atoms. The van der Waals surface area contributed by atoms with E-state index in [9.17, 15) is 14.4 Å². The molecule has 5 heteroatoms. The molecule has 3 aliphatic rings. The Bertz CT molecular complexity index is 1720. The molecule has 3 atom stereocenters. The van der Waals surface area contributed by atoms with Crippen molar-refractivity contribution in [2.24, 2.45) is 5.41 Å². The summed E-state index contributed by atoms with van der Waals surface area (Å²) in [5, 5.41) is 0.577.